The molecule has 6 nitrogen and oxygen atoms in total. The number of urea groups is 1. The van der Waals surface area contributed by atoms with Gasteiger partial charge in [0.25, 0.3) is 5.91 Å². The van der Waals surface area contributed by atoms with Crippen LogP contribution in [0, 0.1) is 0 Å². The van der Waals surface area contributed by atoms with Gasteiger partial charge in [0.2, 0.25) is 5.91 Å². The van der Waals surface area contributed by atoms with Crippen molar-refractivity contribution < 1.29 is 14.4 Å². The molecule has 1 atom stereocenters. The number of anilines is 1. The Labute approximate surface area is 162 Å². The van der Waals surface area contributed by atoms with E-state index in [1.54, 1.807) is 24.3 Å². The third kappa shape index (κ3) is 5.08. The van der Waals surface area contributed by atoms with Crippen molar-refractivity contribution in [2.45, 2.75) is 25.3 Å². The van der Waals surface area contributed by atoms with Gasteiger partial charge < -0.3 is 10.6 Å². The molecule has 3 rings (SSSR count). The lowest BCUT2D eigenvalue weighted by Crippen LogP contribution is -2.33. The predicted molar refractivity (Wildman–Crippen MR) is 103 cm³/mol. The van der Waals surface area contributed by atoms with E-state index in [-0.39, 0.29) is 24.7 Å². The van der Waals surface area contributed by atoms with Crippen LogP contribution in [0.3, 0.4) is 0 Å². The van der Waals surface area contributed by atoms with Gasteiger partial charge in [-0.05, 0) is 36.6 Å². The fraction of sp³-hybridized carbons (Fsp3) is 0.250. The smallest absolute Gasteiger partial charge is 0.324 e. The molecule has 27 heavy (non-hydrogen) atoms. The number of carbonyl (C=O) groups excluding carboxylic acids is 3. The number of carbonyl (C=O) groups is 3. The van der Waals surface area contributed by atoms with Crippen LogP contribution in [-0.4, -0.2) is 35.3 Å². The zero-order chi connectivity index (χ0) is 19.2. The SMILES string of the molecule is O=C(CC[C@H]1NC(=O)N(CCc2ccccc2)C1=O)Nc1cccc(Cl)c1. The van der Waals surface area contributed by atoms with Crippen molar-refractivity contribution in [3.8, 4) is 0 Å². The molecule has 7 heteroatoms. The van der Waals surface area contributed by atoms with Crippen LogP contribution in [0.1, 0.15) is 18.4 Å². The van der Waals surface area contributed by atoms with Gasteiger partial charge in [-0.15, -0.1) is 0 Å². The maximum Gasteiger partial charge on any atom is 0.324 e. The van der Waals surface area contributed by atoms with Crippen molar-refractivity contribution in [1.82, 2.24) is 10.2 Å². The van der Waals surface area contributed by atoms with Crippen molar-refractivity contribution >= 4 is 35.1 Å². The van der Waals surface area contributed by atoms with Crippen LogP contribution in [0.2, 0.25) is 5.02 Å². The molecule has 1 heterocycles. The highest BCUT2D eigenvalue weighted by Gasteiger charge is 2.37. The summed E-state index contributed by atoms with van der Waals surface area (Å²) in [5.74, 6) is -0.520. The number of amides is 4. The Morgan fingerprint density at radius 2 is 1.89 bits per heavy atom. The highest BCUT2D eigenvalue weighted by molar-refractivity contribution is 6.30. The molecule has 1 aliphatic rings. The van der Waals surface area contributed by atoms with E-state index in [9.17, 15) is 14.4 Å². The number of nitrogens with zero attached hydrogens (tertiary/aromatic N) is 1. The average Bonchev–Trinajstić information content (AvgIpc) is 2.92. The minimum atomic E-state index is -0.668. The largest absolute Gasteiger partial charge is 0.326 e. The van der Waals surface area contributed by atoms with Crippen molar-refractivity contribution in [3.05, 3.63) is 65.2 Å². The summed E-state index contributed by atoms with van der Waals surface area (Å²) in [7, 11) is 0. The van der Waals surface area contributed by atoms with Crippen molar-refractivity contribution in [2.75, 3.05) is 11.9 Å². The van der Waals surface area contributed by atoms with E-state index in [4.69, 9.17) is 11.6 Å². The number of imide groups is 1. The zero-order valence-corrected chi connectivity index (χ0v) is 15.4. The van der Waals surface area contributed by atoms with E-state index < -0.39 is 12.1 Å². The first kappa shape index (κ1) is 18.9. The van der Waals surface area contributed by atoms with Crippen molar-refractivity contribution in [1.29, 1.82) is 0 Å². The quantitative estimate of drug-likeness (QED) is 0.718. The minimum absolute atomic E-state index is 0.121. The van der Waals surface area contributed by atoms with E-state index in [1.165, 1.54) is 4.90 Å². The van der Waals surface area contributed by atoms with Gasteiger partial charge in [0, 0.05) is 23.7 Å². The Balaban J connectivity index is 1.48. The molecule has 0 saturated carbocycles. The summed E-state index contributed by atoms with van der Waals surface area (Å²) in [6, 6.07) is 15.4. The van der Waals surface area contributed by atoms with Gasteiger partial charge in [-0.1, -0.05) is 48.0 Å². The first-order valence-corrected chi connectivity index (χ1v) is 9.12. The Morgan fingerprint density at radius 3 is 2.63 bits per heavy atom. The van der Waals surface area contributed by atoms with E-state index >= 15 is 0 Å². The molecule has 0 bridgehead atoms. The lowest BCUT2D eigenvalue weighted by atomic mass is 10.1. The van der Waals surface area contributed by atoms with Crippen LogP contribution >= 0.6 is 11.6 Å². The summed E-state index contributed by atoms with van der Waals surface area (Å²) in [5.41, 5.74) is 1.65. The number of halogens is 1. The third-order valence-corrected chi connectivity index (χ3v) is 4.58. The summed E-state index contributed by atoms with van der Waals surface area (Å²) >= 11 is 5.89. The molecule has 2 aromatic rings. The molecule has 1 aliphatic heterocycles. The first-order valence-electron chi connectivity index (χ1n) is 8.74. The maximum absolute atomic E-state index is 12.4. The van der Waals surface area contributed by atoms with Crippen LogP contribution in [0.15, 0.2) is 54.6 Å². The molecule has 0 unspecified atom stereocenters. The molecular formula is C20H20ClN3O3. The number of rotatable bonds is 7. The second kappa shape index (κ2) is 8.68. The standard InChI is InChI=1S/C20H20ClN3O3/c21-15-7-4-8-16(13-15)22-18(25)10-9-17-19(26)24(20(27)23-17)12-11-14-5-2-1-3-6-14/h1-8,13,17H,9-12H2,(H,22,25)(H,23,27)/t17-/m1/s1. The summed E-state index contributed by atoms with van der Waals surface area (Å²) < 4.78 is 0. The lowest BCUT2D eigenvalue weighted by Gasteiger charge is -2.13. The van der Waals surface area contributed by atoms with Crippen LogP contribution < -0.4 is 10.6 Å². The van der Waals surface area contributed by atoms with Crippen LogP contribution in [0.25, 0.3) is 0 Å². The second-order valence-corrected chi connectivity index (χ2v) is 6.76. The molecule has 0 aliphatic carbocycles. The predicted octanol–water partition coefficient (Wildman–Crippen LogP) is 3.22. The zero-order valence-electron chi connectivity index (χ0n) is 14.7. The Hall–Kier alpha value is -2.86. The molecule has 2 aromatic carbocycles. The first-order chi connectivity index (χ1) is 13.0. The second-order valence-electron chi connectivity index (χ2n) is 6.32. The van der Waals surface area contributed by atoms with E-state index in [0.717, 1.165) is 5.56 Å². The molecule has 140 valence electrons. The fourth-order valence-corrected chi connectivity index (χ4v) is 3.13. The van der Waals surface area contributed by atoms with E-state index in [1.807, 2.05) is 30.3 Å². The van der Waals surface area contributed by atoms with Gasteiger partial charge in [-0.2, -0.15) is 0 Å². The fourth-order valence-electron chi connectivity index (χ4n) is 2.94. The third-order valence-electron chi connectivity index (χ3n) is 4.34. The van der Waals surface area contributed by atoms with Crippen molar-refractivity contribution in [2.24, 2.45) is 0 Å². The van der Waals surface area contributed by atoms with Crippen LogP contribution in [0.4, 0.5) is 10.5 Å². The molecule has 0 radical (unpaired) electrons. The van der Waals surface area contributed by atoms with Gasteiger partial charge in [-0.25, -0.2) is 4.79 Å². The molecule has 0 spiro atoms. The molecule has 1 saturated heterocycles. The Kier molecular flexibility index (Phi) is 6.08. The van der Waals surface area contributed by atoms with Crippen molar-refractivity contribution in [3.63, 3.8) is 0 Å². The Bertz CT molecular complexity index is 841. The maximum atomic E-state index is 12.4. The summed E-state index contributed by atoms with van der Waals surface area (Å²) in [6.45, 7) is 0.319. The van der Waals surface area contributed by atoms with E-state index in [2.05, 4.69) is 10.6 Å². The van der Waals surface area contributed by atoms with Gasteiger partial charge in [-0.3, -0.25) is 14.5 Å². The molecule has 4 amide bonds. The van der Waals surface area contributed by atoms with Gasteiger partial charge in [0.1, 0.15) is 6.04 Å². The van der Waals surface area contributed by atoms with E-state index in [0.29, 0.717) is 23.7 Å². The van der Waals surface area contributed by atoms with Crippen LogP contribution in [0.5, 0.6) is 0 Å². The average molecular weight is 386 g/mol. The number of hydrogen-bond donors (Lipinski definition) is 2. The number of hydrogen-bond acceptors (Lipinski definition) is 3. The topological polar surface area (TPSA) is 78.5 Å². The molecule has 1 fully saturated rings. The normalized spacial score (nSPS) is 16.3. The highest BCUT2D eigenvalue weighted by atomic mass is 35.5. The summed E-state index contributed by atoms with van der Waals surface area (Å²) in [5, 5.41) is 5.91. The molecular weight excluding hydrogens is 366 g/mol. The monoisotopic (exact) mass is 385 g/mol. The molecule has 0 aromatic heterocycles. The summed E-state index contributed by atoms with van der Waals surface area (Å²) in [4.78, 5) is 37.8. The number of benzene rings is 2. The minimum Gasteiger partial charge on any atom is -0.326 e. The number of nitrogens with one attached hydrogen (secondary N) is 2. The Morgan fingerprint density at radius 1 is 1.11 bits per heavy atom. The van der Waals surface area contributed by atoms with Crippen LogP contribution in [-0.2, 0) is 16.0 Å². The summed E-state index contributed by atoms with van der Waals surface area (Å²) in [6.07, 6.45) is 0.969. The van der Waals surface area contributed by atoms with Gasteiger partial charge in [0.15, 0.2) is 0 Å². The highest BCUT2D eigenvalue weighted by Crippen LogP contribution is 2.16. The lowest BCUT2D eigenvalue weighted by molar-refractivity contribution is -0.127. The molecule has 2 N–H and O–H groups in total. The van der Waals surface area contributed by atoms with Gasteiger partial charge in [0.05, 0.1) is 0 Å². The van der Waals surface area contributed by atoms with Gasteiger partial charge >= 0.3 is 6.03 Å².